The minimum atomic E-state index is -0.0452. The number of hydrogen-bond acceptors (Lipinski definition) is 5. The number of rotatable bonds is 4. The van der Waals surface area contributed by atoms with Gasteiger partial charge in [0.2, 0.25) is 5.91 Å². The lowest BCUT2D eigenvalue weighted by Gasteiger charge is -2.35. The normalized spacial score (nSPS) is 24.7. The molecule has 3 heterocycles. The average molecular weight is 315 g/mol. The van der Waals surface area contributed by atoms with Crippen LogP contribution in [-0.2, 0) is 16.0 Å². The van der Waals surface area contributed by atoms with E-state index in [-0.39, 0.29) is 18.4 Å². The second kappa shape index (κ2) is 6.29. The van der Waals surface area contributed by atoms with E-state index in [1.807, 2.05) is 24.3 Å². The SMILES string of the molecule is O=C(Cc1noc2ccccc12)NC[C@@H]1CN2CCC[C@@H]2CO1. The van der Waals surface area contributed by atoms with Crippen molar-refractivity contribution in [2.24, 2.45) is 0 Å². The summed E-state index contributed by atoms with van der Waals surface area (Å²) in [6, 6.07) is 8.17. The number of hydrogen-bond donors (Lipinski definition) is 1. The number of morpholine rings is 1. The number of aromatic nitrogens is 1. The third-order valence-electron chi connectivity index (χ3n) is 4.77. The molecule has 0 saturated carbocycles. The van der Waals surface area contributed by atoms with E-state index in [0.29, 0.717) is 23.9 Å². The fourth-order valence-electron chi connectivity index (χ4n) is 3.52. The summed E-state index contributed by atoms with van der Waals surface area (Å²) >= 11 is 0. The van der Waals surface area contributed by atoms with Crippen LogP contribution >= 0.6 is 0 Å². The highest BCUT2D eigenvalue weighted by atomic mass is 16.5. The van der Waals surface area contributed by atoms with Crippen LogP contribution in [0.4, 0.5) is 0 Å². The Kier molecular flexibility index (Phi) is 4.01. The molecular weight excluding hydrogens is 294 g/mol. The molecule has 1 amide bonds. The van der Waals surface area contributed by atoms with Crippen LogP contribution in [0.1, 0.15) is 18.5 Å². The highest BCUT2D eigenvalue weighted by molar-refractivity contribution is 5.86. The van der Waals surface area contributed by atoms with Gasteiger partial charge in [0, 0.05) is 24.5 Å². The van der Waals surface area contributed by atoms with Gasteiger partial charge < -0.3 is 14.6 Å². The van der Waals surface area contributed by atoms with Crippen LogP contribution in [0.25, 0.3) is 11.0 Å². The van der Waals surface area contributed by atoms with Gasteiger partial charge in [0.15, 0.2) is 5.58 Å². The van der Waals surface area contributed by atoms with Crippen molar-refractivity contribution >= 4 is 16.9 Å². The van der Waals surface area contributed by atoms with Gasteiger partial charge in [-0.2, -0.15) is 0 Å². The van der Waals surface area contributed by atoms with E-state index in [0.717, 1.165) is 25.1 Å². The molecule has 6 heteroatoms. The van der Waals surface area contributed by atoms with Gasteiger partial charge >= 0.3 is 0 Å². The maximum Gasteiger partial charge on any atom is 0.226 e. The lowest BCUT2D eigenvalue weighted by Crippen LogP contribution is -2.50. The molecule has 23 heavy (non-hydrogen) atoms. The van der Waals surface area contributed by atoms with Gasteiger partial charge in [-0.05, 0) is 31.5 Å². The number of nitrogens with one attached hydrogen (secondary N) is 1. The number of nitrogens with zero attached hydrogens (tertiary/aromatic N) is 2. The number of ether oxygens (including phenoxy) is 1. The molecule has 2 atom stereocenters. The third-order valence-corrected chi connectivity index (χ3v) is 4.77. The summed E-state index contributed by atoms with van der Waals surface area (Å²) < 4.78 is 11.1. The Morgan fingerprint density at radius 1 is 1.39 bits per heavy atom. The Morgan fingerprint density at radius 3 is 3.26 bits per heavy atom. The molecule has 2 aliphatic heterocycles. The van der Waals surface area contributed by atoms with E-state index in [1.165, 1.54) is 12.8 Å². The summed E-state index contributed by atoms with van der Waals surface area (Å²) in [5.74, 6) is -0.0452. The zero-order chi connectivity index (χ0) is 15.6. The smallest absolute Gasteiger partial charge is 0.226 e. The summed E-state index contributed by atoms with van der Waals surface area (Å²) in [6.07, 6.45) is 2.81. The van der Waals surface area contributed by atoms with E-state index in [4.69, 9.17) is 9.26 Å². The maximum absolute atomic E-state index is 12.2. The largest absolute Gasteiger partial charge is 0.373 e. The summed E-state index contributed by atoms with van der Waals surface area (Å²) in [5, 5.41) is 7.86. The van der Waals surface area contributed by atoms with Crippen molar-refractivity contribution in [2.75, 3.05) is 26.2 Å². The Bertz CT molecular complexity index is 699. The second-order valence-electron chi connectivity index (χ2n) is 6.35. The van der Waals surface area contributed by atoms with Crippen molar-refractivity contribution in [1.29, 1.82) is 0 Å². The molecule has 1 N–H and O–H groups in total. The number of benzene rings is 1. The Labute approximate surface area is 134 Å². The first-order chi connectivity index (χ1) is 11.3. The Hall–Kier alpha value is -1.92. The highest BCUT2D eigenvalue weighted by Gasteiger charge is 2.32. The zero-order valence-corrected chi connectivity index (χ0v) is 13.0. The number of carbonyl (C=O) groups is 1. The molecule has 6 nitrogen and oxygen atoms in total. The van der Waals surface area contributed by atoms with Gasteiger partial charge in [0.05, 0.1) is 19.1 Å². The molecule has 2 aromatic rings. The molecule has 0 spiro atoms. The van der Waals surface area contributed by atoms with Gasteiger partial charge in [0.1, 0.15) is 5.69 Å². The molecule has 122 valence electrons. The van der Waals surface area contributed by atoms with Crippen molar-refractivity contribution in [1.82, 2.24) is 15.4 Å². The van der Waals surface area contributed by atoms with Crippen molar-refractivity contribution in [3.63, 3.8) is 0 Å². The predicted octanol–water partition coefficient (Wildman–Crippen LogP) is 1.35. The first-order valence-electron chi connectivity index (χ1n) is 8.25. The number of para-hydroxylation sites is 1. The van der Waals surface area contributed by atoms with Crippen LogP contribution in [0.5, 0.6) is 0 Å². The summed E-state index contributed by atoms with van der Waals surface area (Å²) in [4.78, 5) is 14.6. The highest BCUT2D eigenvalue weighted by Crippen LogP contribution is 2.22. The number of carbonyl (C=O) groups excluding carboxylic acids is 1. The molecule has 0 unspecified atom stereocenters. The fourth-order valence-corrected chi connectivity index (χ4v) is 3.52. The topological polar surface area (TPSA) is 67.6 Å². The lowest BCUT2D eigenvalue weighted by molar-refractivity contribution is -0.122. The van der Waals surface area contributed by atoms with Crippen molar-refractivity contribution in [3.05, 3.63) is 30.0 Å². The molecule has 0 radical (unpaired) electrons. The number of amides is 1. The minimum Gasteiger partial charge on any atom is -0.373 e. The quantitative estimate of drug-likeness (QED) is 0.922. The molecular formula is C17H21N3O3. The summed E-state index contributed by atoms with van der Waals surface area (Å²) in [6.45, 7) is 3.41. The van der Waals surface area contributed by atoms with Gasteiger partial charge in [-0.25, -0.2) is 0 Å². The van der Waals surface area contributed by atoms with Crippen molar-refractivity contribution in [2.45, 2.75) is 31.4 Å². The molecule has 1 aromatic carbocycles. The first kappa shape index (κ1) is 14.7. The monoisotopic (exact) mass is 315 g/mol. The van der Waals surface area contributed by atoms with Crippen LogP contribution in [0.2, 0.25) is 0 Å². The standard InChI is InChI=1S/C17H21N3O3/c21-17(8-15-14-5-1-2-6-16(14)23-19-15)18-9-13-10-20-7-3-4-12(20)11-22-13/h1-2,5-6,12-13H,3-4,7-11H2,(H,18,21)/t12-,13-/m1/s1. The predicted molar refractivity (Wildman–Crippen MR) is 85.1 cm³/mol. The molecule has 2 fully saturated rings. The van der Waals surface area contributed by atoms with Crippen molar-refractivity contribution < 1.29 is 14.1 Å². The van der Waals surface area contributed by atoms with E-state index >= 15 is 0 Å². The van der Waals surface area contributed by atoms with Gasteiger partial charge in [-0.15, -0.1) is 0 Å². The molecule has 0 aliphatic carbocycles. The lowest BCUT2D eigenvalue weighted by atomic mass is 10.1. The van der Waals surface area contributed by atoms with E-state index < -0.39 is 0 Å². The summed E-state index contributed by atoms with van der Waals surface area (Å²) in [7, 11) is 0. The van der Waals surface area contributed by atoms with Crippen LogP contribution in [-0.4, -0.2) is 54.4 Å². The van der Waals surface area contributed by atoms with Crippen LogP contribution in [0, 0.1) is 0 Å². The van der Waals surface area contributed by atoms with E-state index in [9.17, 15) is 4.79 Å². The molecule has 2 saturated heterocycles. The van der Waals surface area contributed by atoms with E-state index in [2.05, 4.69) is 15.4 Å². The van der Waals surface area contributed by atoms with Crippen LogP contribution in [0.3, 0.4) is 0 Å². The first-order valence-corrected chi connectivity index (χ1v) is 8.25. The van der Waals surface area contributed by atoms with Crippen LogP contribution < -0.4 is 5.32 Å². The van der Waals surface area contributed by atoms with Gasteiger partial charge in [-0.3, -0.25) is 9.69 Å². The van der Waals surface area contributed by atoms with Gasteiger partial charge in [0.25, 0.3) is 0 Å². The molecule has 2 aliphatic rings. The molecule has 1 aromatic heterocycles. The maximum atomic E-state index is 12.2. The molecule has 0 bridgehead atoms. The van der Waals surface area contributed by atoms with Crippen LogP contribution in [0.15, 0.2) is 28.8 Å². The van der Waals surface area contributed by atoms with Crippen molar-refractivity contribution in [3.8, 4) is 0 Å². The zero-order valence-electron chi connectivity index (χ0n) is 13.0. The second-order valence-corrected chi connectivity index (χ2v) is 6.35. The fraction of sp³-hybridized carbons (Fsp3) is 0.529. The summed E-state index contributed by atoms with van der Waals surface area (Å²) in [5.41, 5.74) is 1.40. The Balaban J connectivity index is 1.30. The average Bonchev–Trinajstić information content (AvgIpc) is 3.20. The minimum absolute atomic E-state index is 0.0452. The Morgan fingerprint density at radius 2 is 2.30 bits per heavy atom. The van der Waals surface area contributed by atoms with Gasteiger partial charge in [-0.1, -0.05) is 17.3 Å². The third kappa shape index (κ3) is 3.09. The number of fused-ring (bicyclic) bond motifs is 2. The molecule has 4 rings (SSSR count). The van der Waals surface area contributed by atoms with E-state index in [1.54, 1.807) is 0 Å².